The van der Waals surface area contributed by atoms with Crippen LogP contribution in [0.15, 0.2) is 36.5 Å². The standard InChI is InChI=1S/C14H13N3O/c1-10-5-6-17-14(13(10)9-16)18-12-4-2-3-11(7-12)8-15/h2-7H,8,15H2,1H3. The first-order valence-corrected chi connectivity index (χ1v) is 5.57. The largest absolute Gasteiger partial charge is 0.438 e. The second kappa shape index (κ2) is 5.30. The summed E-state index contributed by atoms with van der Waals surface area (Å²) in [6.07, 6.45) is 1.62. The first-order valence-electron chi connectivity index (χ1n) is 5.57. The Bertz CT molecular complexity index is 602. The molecule has 0 aliphatic carbocycles. The van der Waals surface area contributed by atoms with Crippen LogP contribution in [0.3, 0.4) is 0 Å². The number of nitriles is 1. The summed E-state index contributed by atoms with van der Waals surface area (Å²) >= 11 is 0. The quantitative estimate of drug-likeness (QED) is 0.893. The van der Waals surface area contributed by atoms with E-state index in [0.29, 0.717) is 23.7 Å². The molecule has 0 amide bonds. The fourth-order valence-corrected chi connectivity index (χ4v) is 1.59. The van der Waals surface area contributed by atoms with Crippen molar-refractivity contribution in [2.75, 3.05) is 0 Å². The van der Waals surface area contributed by atoms with Crippen LogP contribution in [-0.2, 0) is 6.54 Å². The van der Waals surface area contributed by atoms with Crippen LogP contribution < -0.4 is 10.5 Å². The minimum Gasteiger partial charge on any atom is -0.438 e. The van der Waals surface area contributed by atoms with Crippen molar-refractivity contribution in [1.82, 2.24) is 4.98 Å². The second-order valence-electron chi connectivity index (χ2n) is 3.87. The summed E-state index contributed by atoms with van der Waals surface area (Å²) in [7, 11) is 0. The summed E-state index contributed by atoms with van der Waals surface area (Å²) in [4.78, 5) is 4.09. The molecule has 4 heteroatoms. The minimum absolute atomic E-state index is 0.326. The van der Waals surface area contributed by atoms with Gasteiger partial charge in [-0.25, -0.2) is 4.98 Å². The van der Waals surface area contributed by atoms with Crippen LogP contribution in [-0.4, -0.2) is 4.98 Å². The van der Waals surface area contributed by atoms with Gasteiger partial charge in [-0.2, -0.15) is 5.26 Å². The van der Waals surface area contributed by atoms with Crippen LogP contribution in [0, 0.1) is 18.3 Å². The lowest BCUT2D eigenvalue weighted by Gasteiger charge is -2.08. The van der Waals surface area contributed by atoms with Gasteiger partial charge in [0.15, 0.2) is 0 Å². The lowest BCUT2D eigenvalue weighted by molar-refractivity contribution is 0.460. The molecule has 2 N–H and O–H groups in total. The normalized spacial score (nSPS) is 9.83. The van der Waals surface area contributed by atoms with Gasteiger partial charge in [-0.15, -0.1) is 0 Å². The first kappa shape index (κ1) is 12.1. The molecule has 0 bridgehead atoms. The summed E-state index contributed by atoms with van der Waals surface area (Å²) in [5.74, 6) is 0.958. The van der Waals surface area contributed by atoms with E-state index in [1.807, 2.05) is 31.2 Å². The number of ether oxygens (including phenoxy) is 1. The maximum atomic E-state index is 9.09. The van der Waals surface area contributed by atoms with Gasteiger partial charge in [0.05, 0.1) is 0 Å². The zero-order valence-electron chi connectivity index (χ0n) is 10.1. The molecule has 2 aromatic rings. The number of aromatic nitrogens is 1. The Morgan fingerprint density at radius 2 is 2.22 bits per heavy atom. The highest BCUT2D eigenvalue weighted by Gasteiger charge is 2.08. The molecular formula is C14H13N3O. The fraction of sp³-hybridized carbons (Fsp3) is 0.143. The SMILES string of the molecule is Cc1ccnc(Oc2cccc(CN)c2)c1C#N. The van der Waals surface area contributed by atoms with Gasteiger partial charge in [0.1, 0.15) is 17.4 Å². The topological polar surface area (TPSA) is 71.9 Å². The zero-order chi connectivity index (χ0) is 13.0. The van der Waals surface area contributed by atoms with Gasteiger partial charge in [0, 0.05) is 12.7 Å². The monoisotopic (exact) mass is 239 g/mol. The second-order valence-corrected chi connectivity index (χ2v) is 3.87. The van der Waals surface area contributed by atoms with Gasteiger partial charge >= 0.3 is 0 Å². The molecule has 0 unspecified atom stereocenters. The van der Waals surface area contributed by atoms with Gasteiger partial charge in [-0.05, 0) is 36.2 Å². The zero-order valence-corrected chi connectivity index (χ0v) is 10.1. The molecule has 0 fully saturated rings. The molecule has 0 saturated heterocycles. The predicted molar refractivity (Wildman–Crippen MR) is 68.1 cm³/mol. The first-order chi connectivity index (χ1) is 8.74. The average Bonchev–Trinajstić information content (AvgIpc) is 2.39. The summed E-state index contributed by atoms with van der Waals surface area (Å²) in [5.41, 5.74) is 7.84. The van der Waals surface area contributed by atoms with Gasteiger partial charge in [-0.3, -0.25) is 0 Å². The van der Waals surface area contributed by atoms with Crippen molar-refractivity contribution in [2.45, 2.75) is 13.5 Å². The Hall–Kier alpha value is -2.38. The molecule has 0 spiro atoms. The highest BCUT2D eigenvalue weighted by atomic mass is 16.5. The van der Waals surface area contributed by atoms with E-state index in [1.165, 1.54) is 0 Å². The molecular weight excluding hydrogens is 226 g/mol. The molecule has 1 heterocycles. The number of nitrogens with two attached hydrogens (primary N) is 1. The van der Waals surface area contributed by atoms with Crippen molar-refractivity contribution >= 4 is 0 Å². The third kappa shape index (κ3) is 2.47. The summed E-state index contributed by atoms with van der Waals surface area (Å²) < 4.78 is 5.63. The molecule has 0 aliphatic heterocycles. The number of hydrogen-bond donors (Lipinski definition) is 1. The number of hydrogen-bond acceptors (Lipinski definition) is 4. The molecule has 1 aromatic carbocycles. The van der Waals surface area contributed by atoms with E-state index >= 15 is 0 Å². The number of benzene rings is 1. The highest BCUT2D eigenvalue weighted by Crippen LogP contribution is 2.25. The number of pyridine rings is 1. The number of aryl methyl sites for hydroxylation is 1. The molecule has 90 valence electrons. The molecule has 2 rings (SSSR count). The maximum absolute atomic E-state index is 9.09. The van der Waals surface area contributed by atoms with E-state index in [1.54, 1.807) is 12.3 Å². The summed E-state index contributed by atoms with van der Waals surface area (Å²) in [6.45, 7) is 2.30. The molecule has 18 heavy (non-hydrogen) atoms. The van der Waals surface area contributed by atoms with E-state index in [9.17, 15) is 0 Å². The van der Waals surface area contributed by atoms with Crippen LogP contribution in [0.2, 0.25) is 0 Å². The predicted octanol–water partition coefficient (Wildman–Crippen LogP) is 2.51. The lowest BCUT2D eigenvalue weighted by Crippen LogP contribution is -1.97. The van der Waals surface area contributed by atoms with E-state index in [0.717, 1.165) is 11.1 Å². The summed E-state index contributed by atoms with van der Waals surface area (Å²) in [5, 5.41) is 9.09. The van der Waals surface area contributed by atoms with Gasteiger partial charge in [0.2, 0.25) is 5.88 Å². The Balaban J connectivity index is 2.34. The molecule has 0 aliphatic rings. The van der Waals surface area contributed by atoms with Gasteiger partial charge in [-0.1, -0.05) is 12.1 Å². The molecule has 0 saturated carbocycles. The summed E-state index contributed by atoms with van der Waals surface area (Å²) in [6, 6.07) is 11.3. The van der Waals surface area contributed by atoms with E-state index in [2.05, 4.69) is 11.1 Å². The van der Waals surface area contributed by atoms with E-state index in [4.69, 9.17) is 15.7 Å². The van der Waals surface area contributed by atoms with Crippen molar-refractivity contribution in [1.29, 1.82) is 5.26 Å². The van der Waals surface area contributed by atoms with Crippen LogP contribution in [0.4, 0.5) is 0 Å². The minimum atomic E-state index is 0.326. The Labute approximate surface area is 106 Å². The molecule has 4 nitrogen and oxygen atoms in total. The maximum Gasteiger partial charge on any atom is 0.237 e. The van der Waals surface area contributed by atoms with E-state index < -0.39 is 0 Å². The van der Waals surface area contributed by atoms with Crippen LogP contribution in [0.5, 0.6) is 11.6 Å². The third-order valence-electron chi connectivity index (χ3n) is 2.59. The average molecular weight is 239 g/mol. The Morgan fingerprint density at radius 1 is 1.39 bits per heavy atom. The van der Waals surface area contributed by atoms with Crippen LogP contribution in [0.25, 0.3) is 0 Å². The van der Waals surface area contributed by atoms with Crippen LogP contribution >= 0.6 is 0 Å². The number of nitrogens with zero attached hydrogens (tertiary/aromatic N) is 2. The smallest absolute Gasteiger partial charge is 0.237 e. The van der Waals surface area contributed by atoms with Crippen molar-refractivity contribution in [3.05, 3.63) is 53.2 Å². The van der Waals surface area contributed by atoms with Gasteiger partial charge in [0.25, 0.3) is 0 Å². The Kier molecular flexibility index (Phi) is 3.56. The van der Waals surface area contributed by atoms with Crippen molar-refractivity contribution in [2.24, 2.45) is 5.73 Å². The van der Waals surface area contributed by atoms with Crippen molar-refractivity contribution in [3.63, 3.8) is 0 Å². The van der Waals surface area contributed by atoms with E-state index in [-0.39, 0.29) is 0 Å². The Morgan fingerprint density at radius 3 is 2.94 bits per heavy atom. The number of rotatable bonds is 3. The molecule has 1 aromatic heterocycles. The lowest BCUT2D eigenvalue weighted by atomic mass is 10.2. The van der Waals surface area contributed by atoms with Crippen molar-refractivity contribution < 1.29 is 4.74 Å². The van der Waals surface area contributed by atoms with Crippen LogP contribution in [0.1, 0.15) is 16.7 Å². The highest BCUT2D eigenvalue weighted by molar-refractivity contribution is 5.45. The van der Waals surface area contributed by atoms with Gasteiger partial charge < -0.3 is 10.5 Å². The molecule has 0 atom stereocenters. The fourth-order valence-electron chi connectivity index (χ4n) is 1.59. The third-order valence-corrected chi connectivity index (χ3v) is 2.59. The van der Waals surface area contributed by atoms with Crippen molar-refractivity contribution in [3.8, 4) is 17.7 Å². The molecule has 0 radical (unpaired) electrons.